The Kier molecular flexibility index (Phi) is 10.4. The number of aromatic amines is 1. The fourth-order valence-corrected chi connectivity index (χ4v) is 7.09. The van der Waals surface area contributed by atoms with Gasteiger partial charge in [0.2, 0.25) is 11.8 Å². The molecule has 2 fully saturated rings. The fraction of sp³-hybridized carbons (Fsp3) is 0.244. The second-order valence-corrected chi connectivity index (χ2v) is 13.3. The van der Waals surface area contributed by atoms with Gasteiger partial charge in [0, 0.05) is 35.6 Å². The molecule has 270 valence electrons. The Morgan fingerprint density at radius 1 is 0.623 bits per heavy atom. The number of hydrogen-bond acceptors (Lipinski definition) is 7. The molecule has 0 aliphatic carbocycles. The monoisotopic (exact) mass is 712 g/mol. The van der Waals surface area contributed by atoms with Gasteiger partial charge in [0.15, 0.2) is 12.2 Å². The van der Waals surface area contributed by atoms with Crippen molar-refractivity contribution < 1.29 is 29.4 Å². The molecule has 0 saturated carbocycles. The minimum Gasteiger partial charge on any atom is -0.378 e. The summed E-state index contributed by atoms with van der Waals surface area (Å²) in [4.78, 5) is 63.4. The number of carbonyl (C=O) groups is 4. The van der Waals surface area contributed by atoms with Crippen molar-refractivity contribution in [1.82, 2.24) is 19.8 Å². The number of imidazole rings is 1. The Balaban J connectivity index is 0.969. The molecule has 0 bridgehead atoms. The lowest BCUT2D eigenvalue weighted by atomic mass is 10.0. The lowest BCUT2D eigenvalue weighted by Gasteiger charge is -2.26. The number of rotatable bonds is 10. The van der Waals surface area contributed by atoms with E-state index in [1.54, 1.807) is 79.1 Å². The van der Waals surface area contributed by atoms with Crippen LogP contribution in [0.15, 0.2) is 116 Å². The van der Waals surface area contributed by atoms with Crippen molar-refractivity contribution in [1.29, 1.82) is 0 Å². The zero-order chi connectivity index (χ0) is 36.9. The molecule has 0 unspecified atom stereocenters. The van der Waals surface area contributed by atoms with E-state index in [1.807, 2.05) is 36.4 Å². The maximum atomic E-state index is 13.3. The van der Waals surface area contributed by atoms with Gasteiger partial charge in [-0.05, 0) is 61.1 Å². The second kappa shape index (κ2) is 15.6. The van der Waals surface area contributed by atoms with Crippen LogP contribution in [0, 0.1) is 0 Å². The zero-order valence-electron chi connectivity index (χ0n) is 28.9. The quantitative estimate of drug-likeness (QED) is 0.135. The largest absolute Gasteiger partial charge is 0.378 e. The predicted molar refractivity (Wildman–Crippen MR) is 199 cm³/mol. The van der Waals surface area contributed by atoms with E-state index in [4.69, 9.17) is 0 Å². The summed E-state index contributed by atoms with van der Waals surface area (Å²) in [6.45, 7) is 0.797. The molecule has 5 N–H and O–H groups in total. The molecular weight excluding hydrogens is 672 g/mol. The molecule has 12 nitrogen and oxygen atoms in total. The molecule has 7 rings (SSSR count). The van der Waals surface area contributed by atoms with Gasteiger partial charge in [-0.15, -0.1) is 0 Å². The molecule has 12 heteroatoms. The summed E-state index contributed by atoms with van der Waals surface area (Å²) in [5.74, 6) is -1.60. The van der Waals surface area contributed by atoms with Gasteiger partial charge < -0.3 is 35.6 Å². The topological polar surface area (TPSA) is 168 Å². The highest BCUT2D eigenvalue weighted by Gasteiger charge is 2.38. The summed E-state index contributed by atoms with van der Waals surface area (Å²) < 4.78 is 0. The number of amides is 4. The summed E-state index contributed by atoms with van der Waals surface area (Å²) in [7, 11) is 0. The molecule has 53 heavy (non-hydrogen) atoms. The number of nitrogens with one attached hydrogen (secondary N) is 3. The van der Waals surface area contributed by atoms with Crippen LogP contribution in [0.1, 0.15) is 49.0 Å². The first-order chi connectivity index (χ1) is 25.8. The number of hydrogen-bond donors (Lipinski definition) is 5. The third kappa shape index (κ3) is 7.59. The maximum Gasteiger partial charge on any atom is 0.256 e. The number of nitrogens with zero attached hydrogens (tertiary/aromatic N) is 3. The Labute approximate surface area is 306 Å². The summed E-state index contributed by atoms with van der Waals surface area (Å²) >= 11 is 0. The van der Waals surface area contributed by atoms with Crippen molar-refractivity contribution >= 4 is 35.0 Å². The average Bonchev–Trinajstić information content (AvgIpc) is 4.00. The van der Waals surface area contributed by atoms with Crippen LogP contribution in [0.25, 0.3) is 22.5 Å². The number of aliphatic hydroxyl groups excluding tert-OH is 2. The molecule has 2 saturated heterocycles. The van der Waals surface area contributed by atoms with E-state index in [-0.39, 0.29) is 11.8 Å². The van der Waals surface area contributed by atoms with Crippen molar-refractivity contribution in [2.24, 2.45) is 0 Å². The van der Waals surface area contributed by atoms with Gasteiger partial charge in [-0.3, -0.25) is 19.2 Å². The molecule has 2 aliphatic heterocycles. The number of H-pyrrole nitrogens is 1. The smallest absolute Gasteiger partial charge is 0.256 e. The van der Waals surface area contributed by atoms with Crippen LogP contribution < -0.4 is 10.6 Å². The molecule has 4 amide bonds. The van der Waals surface area contributed by atoms with E-state index in [1.165, 1.54) is 9.80 Å². The second-order valence-electron chi connectivity index (χ2n) is 13.3. The molecule has 5 aromatic rings. The highest BCUT2D eigenvalue weighted by molar-refractivity contribution is 5.99. The first-order valence-corrected chi connectivity index (χ1v) is 17.7. The van der Waals surface area contributed by atoms with Gasteiger partial charge in [0.25, 0.3) is 11.8 Å². The number of aliphatic hydroxyl groups is 2. The van der Waals surface area contributed by atoms with E-state index < -0.39 is 36.1 Å². The minimum absolute atomic E-state index is 0.310. The van der Waals surface area contributed by atoms with Crippen LogP contribution in [-0.2, 0) is 19.2 Å². The Hall–Kier alpha value is -6.11. The third-order valence-electron chi connectivity index (χ3n) is 9.88. The number of likely N-dealkylation sites (tertiary alicyclic amines) is 2. The van der Waals surface area contributed by atoms with Gasteiger partial charge in [0.05, 0.1) is 17.7 Å². The Morgan fingerprint density at radius 3 is 1.51 bits per heavy atom. The van der Waals surface area contributed by atoms with Crippen LogP contribution in [-0.4, -0.2) is 78.8 Å². The predicted octanol–water partition coefficient (Wildman–Crippen LogP) is 5.07. The van der Waals surface area contributed by atoms with E-state index >= 15 is 0 Å². The molecule has 1 aromatic heterocycles. The van der Waals surface area contributed by atoms with Crippen LogP contribution in [0.2, 0.25) is 0 Å². The Bertz CT molecular complexity index is 1920. The van der Waals surface area contributed by atoms with Crippen LogP contribution >= 0.6 is 0 Å². The van der Waals surface area contributed by atoms with Crippen molar-refractivity contribution in [3.8, 4) is 22.5 Å². The SMILES string of the molecule is O=C(Nc1ccc(-c2nc[nH]c2-c2ccc(NC(=O)[C@@H]3CCCN3C(=O)[C@H](O)c3ccccc3)cc2)cc1)[C@@H]1CCCN1C(=O)[C@H](O)c1ccccc1. The molecule has 2 aliphatic rings. The van der Waals surface area contributed by atoms with Crippen molar-refractivity contribution in [3.05, 3.63) is 127 Å². The number of carbonyl (C=O) groups excluding carboxylic acids is 4. The number of anilines is 2. The fourth-order valence-electron chi connectivity index (χ4n) is 7.09. The van der Waals surface area contributed by atoms with E-state index in [9.17, 15) is 29.4 Å². The zero-order valence-corrected chi connectivity index (χ0v) is 28.9. The summed E-state index contributed by atoms with van der Waals surface area (Å²) in [6.07, 6.45) is 1.29. The molecule has 4 atom stereocenters. The van der Waals surface area contributed by atoms with Crippen LogP contribution in [0.3, 0.4) is 0 Å². The van der Waals surface area contributed by atoms with Gasteiger partial charge >= 0.3 is 0 Å². The van der Waals surface area contributed by atoms with Gasteiger partial charge in [0.1, 0.15) is 12.1 Å². The van der Waals surface area contributed by atoms with Gasteiger partial charge in [-0.25, -0.2) is 4.98 Å². The highest BCUT2D eigenvalue weighted by atomic mass is 16.3. The van der Waals surface area contributed by atoms with Crippen molar-refractivity contribution in [2.45, 2.75) is 50.0 Å². The van der Waals surface area contributed by atoms with Gasteiger partial charge in [-0.1, -0.05) is 84.9 Å². The average molecular weight is 713 g/mol. The summed E-state index contributed by atoms with van der Waals surface area (Å²) in [5, 5.41) is 27.2. The minimum atomic E-state index is -1.33. The summed E-state index contributed by atoms with van der Waals surface area (Å²) in [6, 6.07) is 30.6. The first-order valence-electron chi connectivity index (χ1n) is 17.7. The molecule has 0 radical (unpaired) electrons. The Morgan fingerprint density at radius 2 is 1.06 bits per heavy atom. The molecule has 3 heterocycles. The van der Waals surface area contributed by atoms with Crippen molar-refractivity contribution in [2.75, 3.05) is 23.7 Å². The lowest BCUT2D eigenvalue weighted by molar-refractivity contribution is -0.144. The standard InChI is InChI=1S/C41H40N6O6/c48-36(28-9-3-1-4-10-28)40(52)46-23-7-13-32(46)38(50)44-30-19-15-26(16-20-30)34-35(43-25-42-34)27-17-21-31(22-18-27)45-39(51)33-14-8-24-47(33)41(53)37(49)29-11-5-2-6-12-29/h1-6,9-12,15-22,25,32-33,36-37,48-49H,7-8,13-14,23-24H2,(H,42,43)(H,44,50)(H,45,51)/t32-,33-,36+,37+/m0/s1. The molecular formula is C41H40N6O6. The van der Waals surface area contributed by atoms with E-state index in [0.717, 1.165) is 16.8 Å². The lowest BCUT2D eigenvalue weighted by Crippen LogP contribution is -2.45. The maximum absolute atomic E-state index is 13.3. The third-order valence-corrected chi connectivity index (χ3v) is 9.88. The van der Waals surface area contributed by atoms with Crippen molar-refractivity contribution in [3.63, 3.8) is 0 Å². The molecule has 4 aromatic carbocycles. The number of aromatic nitrogens is 2. The first kappa shape index (κ1) is 35.3. The van der Waals surface area contributed by atoms with E-state index in [2.05, 4.69) is 20.6 Å². The number of benzene rings is 4. The summed E-state index contributed by atoms with van der Waals surface area (Å²) in [5.41, 5.74) is 5.21. The van der Waals surface area contributed by atoms with E-state index in [0.29, 0.717) is 67.0 Å². The molecule has 0 spiro atoms. The highest BCUT2D eigenvalue weighted by Crippen LogP contribution is 2.32. The van der Waals surface area contributed by atoms with Crippen LogP contribution in [0.4, 0.5) is 11.4 Å². The normalized spacial score (nSPS) is 18.0. The van der Waals surface area contributed by atoms with Crippen LogP contribution in [0.5, 0.6) is 0 Å². The van der Waals surface area contributed by atoms with Gasteiger partial charge in [-0.2, -0.15) is 0 Å².